The van der Waals surface area contributed by atoms with Gasteiger partial charge in [-0.1, -0.05) is 60.7 Å². The minimum absolute atomic E-state index is 0.530. The second-order valence-corrected chi connectivity index (χ2v) is 4.67. The molecule has 2 aromatic rings. The predicted molar refractivity (Wildman–Crippen MR) is 79.8 cm³/mol. The summed E-state index contributed by atoms with van der Waals surface area (Å²) in [7, 11) is 0. The van der Waals surface area contributed by atoms with Crippen LogP contribution in [-0.4, -0.2) is 19.6 Å². The van der Waals surface area contributed by atoms with E-state index in [4.69, 9.17) is 11.5 Å². The third-order valence-electron chi connectivity index (χ3n) is 3.30. The average Bonchev–Trinajstić information content (AvgIpc) is 2.49. The highest BCUT2D eigenvalue weighted by Gasteiger charge is 2.28. The maximum atomic E-state index is 6.68. The van der Waals surface area contributed by atoms with Gasteiger partial charge in [0.2, 0.25) is 0 Å². The molecule has 3 heteroatoms. The lowest BCUT2D eigenvalue weighted by Crippen LogP contribution is -2.47. The van der Waals surface area contributed by atoms with E-state index >= 15 is 0 Å². The fraction of sp³-hybridized carbons (Fsp3) is 0.250. The van der Waals surface area contributed by atoms with Crippen molar-refractivity contribution in [2.75, 3.05) is 19.6 Å². The molecule has 0 aliphatic heterocycles. The van der Waals surface area contributed by atoms with Gasteiger partial charge in [0.1, 0.15) is 0 Å². The molecule has 2 aromatic carbocycles. The summed E-state index contributed by atoms with van der Waals surface area (Å²) >= 11 is 0. The summed E-state index contributed by atoms with van der Waals surface area (Å²) in [5.41, 5.74) is 13.9. The molecule has 3 nitrogen and oxygen atoms in total. The molecular formula is C16H21N3. The van der Waals surface area contributed by atoms with Crippen molar-refractivity contribution in [1.82, 2.24) is 5.32 Å². The Morgan fingerprint density at radius 3 is 1.74 bits per heavy atom. The number of rotatable bonds is 6. The van der Waals surface area contributed by atoms with Crippen LogP contribution in [0.4, 0.5) is 0 Å². The van der Waals surface area contributed by atoms with Crippen LogP contribution in [0.5, 0.6) is 0 Å². The zero-order chi connectivity index (χ0) is 13.6. The fourth-order valence-electron chi connectivity index (χ4n) is 2.23. The van der Waals surface area contributed by atoms with E-state index in [1.807, 2.05) is 36.4 Å². The molecule has 2 rings (SSSR count). The quantitative estimate of drug-likeness (QED) is 0.684. The molecule has 0 heterocycles. The van der Waals surface area contributed by atoms with E-state index in [2.05, 4.69) is 29.6 Å². The molecule has 0 amide bonds. The third kappa shape index (κ3) is 3.20. The van der Waals surface area contributed by atoms with Gasteiger partial charge in [-0.3, -0.25) is 0 Å². The van der Waals surface area contributed by atoms with Crippen LogP contribution in [0.25, 0.3) is 0 Å². The number of hydrogen-bond acceptors (Lipinski definition) is 3. The van der Waals surface area contributed by atoms with Gasteiger partial charge in [-0.2, -0.15) is 0 Å². The molecule has 0 saturated carbocycles. The van der Waals surface area contributed by atoms with Gasteiger partial charge >= 0.3 is 0 Å². The molecule has 0 bridgehead atoms. The van der Waals surface area contributed by atoms with Crippen LogP contribution in [0.1, 0.15) is 11.1 Å². The van der Waals surface area contributed by atoms with Crippen molar-refractivity contribution in [3.63, 3.8) is 0 Å². The van der Waals surface area contributed by atoms with Crippen molar-refractivity contribution < 1.29 is 0 Å². The van der Waals surface area contributed by atoms with Crippen LogP contribution in [0.3, 0.4) is 0 Å². The van der Waals surface area contributed by atoms with Crippen LogP contribution < -0.4 is 16.8 Å². The Kier molecular flexibility index (Phi) is 4.68. The van der Waals surface area contributed by atoms with Crippen molar-refractivity contribution in [2.45, 2.75) is 5.54 Å². The normalized spacial score (nSPS) is 11.5. The largest absolute Gasteiger partial charge is 0.329 e. The first-order valence-corrected chi connectivity index (χ1v) is 6.58. The maximum Gasteiger partial charge on any atom is 0.0792 e. The lowest BCUT2D eigenvalue weighted by atomic mass is 9.83. The second kappa shape index (κ2) is 6.48. The molecular weight excluding hydrogens is 234 g/mol. The smallest absolute Gasteiger partial charge is 0.0792 e. The summed E-state index contributed by atoms with van der Waals surface area (Å²) in [6.07, 6.45) is 0. The summed E-state index contributed by atoms with van der Waals surface area (Å²) in [4.78, 5) is 0. The van der Waals surface area contributed by atoms with Gasteiger partial charge in [0.05, 0.1) is 5.54 Å². The maximum absolute atomic E-state index is 6.68. The van der Waals surface area contributed by atoms with E-state index in [0.717, 1.165) is 17.7 Å². The Balaban J connectivity index is 2.33. The lowest BCUT2D eigenvalue weighted by molar-refractivity contribution is 0.484. The summed E-state index contributed by atoms with van der Waals surface area (Å²) in [6, 6.07) is 20.3. The van der Waals surface area contributed by atoms with Crippen LogP contribution in [0.2, 0.25) is 0 Å². The topological polar surface area (TPSA) is 64.1 Å². The van der Waals surface area contributed by atoms with Crippen molar-refractivity contribution in [2.24, 2.45) is 11.5 Å². The first-order valence-electron chi connectivity index (χ1n) is 6.58. The molecule has 0 aromatic heterocycles. The van der Waals surface area contributed by atoms with E-state index < -0.39 is 5.54 Å². The van der Waals surface area contributed by atoms with Gasteiger partial charge < -0.3 is 16.8 Å². The van der Waals surface area contributed by atoms with Crippen molar-refractivity contribution >= 4 is 0 Å². The molecule has 0 atom stereocenters. The number of nitrogens with one attached hydrogen (secondary N) is 1. The van der Waals surface area contributed by atoms with Gasteiger partial charge in [-0.05, 0) is 11.1 Å². The zero-order valence-electron chi connectivity index (χ0n) is 11.0. The monoisotopic (exact) mass is 255 g/mol. The van der Waals surface area contributed by atoms with E-state index in [1.54, 1.807) is 0 Å². The lowest BCUT2D eigenvalue weighted by Gasteiger charge is -2.31. The Bertz CT molecular complexity index is 442. The molecule has 19 heavy (non-hydrogen) atoms. The molecule has 0 aliphatic carbocycles. The van der Waals surface area contributed by atoms with Crippen molar-refractivity contribution in [3.05, 3.63) is 71.8 Å². The highest BCUT2D eigenvalue weighted by Crippen LogP contribution is 2.26. The van der Waals surface area contributed by atoms with Crippen LogP contribution in [-0.2, 0) is 5.54 Å². The van der Waals surface area contributed by atoms with Crippen molar-refractivity contribution in [1.29, 1.82) is 0 Å². The molecule has 0 aliphatic rings. The fourth-order valence-corrected chi connectivity index (χ4v) is 2.23. The summed E-state index contributed by atoms with van der Waals surface area (Å²) < 4.78 is 0. The standard InChI is InChI=1S/C16H21N3/c17-11-12-19-13-16(18,14-7-3-1-4-8-14)15-9-5-2-6-10-15/h1-10,19H,11-13,17-18H2. The second-order valence-electron chi connectivity index (χ2n) is 4.67. The molecule has 0 spiro atoms. The minimum atomic E-state index is -0.530. The van der Waals surface area contributed by atoms with Crippen LogP contribution >= 0.6 is 0 Å². The number of nitrogens with two attached hydrogens (primary N) is 2. The Morgan fingerprint density at radius 2 is 1.32 bits per heavy atom. The third-order valence-corrected chi connectivity index (χ3v) is 3.30. The summed E-state index contributed by atoms with van der Waals surface area (Å²) in [5.74, 6) is 0. The summed E-state index contributed by atoms with van der Waals surface area (Å²) in [6.45, 7) is 2.04. The van der Waals surface area contributed by atoms with E-state index in [1.165, 1.54) is 0 Å². The highest BCUT2D eigenvalue weighted by atomic mass is 14.9. The van der Waals surface area contributed by atoms with Gasteiger partial charge in [0.25, 0.3) is 0 Å². The van der Waals surface area contributed by atoms with Gasteiger partial charge in [-0.25, -0.2) is 0 Å². The predicted octanol–water partition coefficient (Wildman–Crippen LogP) is 1.44. The SMILES string of the molecule is NCCNCC(N)(c1ccccc1)c1ccccc1. The van der Waals surface area contributed by atoms with Crippen LogP contribution in [0, 0.1) is 0 Å². The van der Waals surface area contributed by atoms with E-state index in [-0.39, 0.29) is 0 Å². The van der Waals surface area contributed by atoms with E-state index in [9.17, 15) is 0 Å². The highest BCUT2D eigenvalue weighted by molar-refractivity contribution is 5.38. The van der Waals surface area contributed by atoms with Crippen LogP contribution in [0.15, 0.2) is 60.7 Å². The number of benzene rings is 2. The zero-order valence-corrected chi connectivity index (χ0v) is 11.0. The molecule has 0 saturated heterocycles. The first-order chi connectivity index (χ1) is 9.27. The van der Waals surface area contributed by atoms with Gasteiger partial charge in [0.15, 0.2) is 0 Å². The first kappa shape index (κ1) is 13.7. The average molecular weight is 255 g/mol. The Hall–Kier alpha value is -1.68. The van der Waals surface area contributed by atoms with Gasteiger partial charge in [-0.15, -0.1) is 0 Å². The Labute approximate surface area is 114 Å². The van der Waals surface area contributed by atoms with Crippen molar-refractivity contribution in [3.8, 4) is 0 Å². The molecule has 100 valence electrons. The molecule has 0 fully saturated rings. The van der Waals surface area contributed by atoms with Gasteiger partial charge in [0, 0.05) is 19.6 Å². The minimum Gasteiger partial charge on any atom is -0.329 e. The molecule has 5 N–H and O–H groups in total. The number of hydrogen-bond donors (Lipinski definition) is 3. The molecule has 0 unspecified atom stereocenters. The van der Waals surface area contributed by atoms with E-state index in [0.29, 0.717) is 13.1 Å². The summed E-state index contributed by atoms with van der Waals surface area (Å²) in [5, 5.41) is 3.32. The molecule has 0 radical (unpaired) electrons. The Morgan fingerprint density at radius 1 is 0.842 bits per heavy atom.